The molecule has 1 aliphatic rings. The van der Waals surface area contributed by atoms with Crippen LogP contribution in [0.2, 0.25) is 0 Å². The molecule has 0 bridgehead atoms. The number of piperazine rings is 1. The minimum absolute atomic E-state index is 0.201. The van der Waals surface area contributed by atoms with Crippen LogP contribution in [0.1, 0.15) is 6.92 Å². The number of halogens is 2. The van der Waals surface area contributed by atoms with E-state index in [4.69, 9.17) is 5.73 Å². The minimum atomic E-state index is -3.87. The van der Waals surface area contributed by atoms with Gasteiger partial charge in [0, 0.05) is 35.8 Å². The Hall–Kier alpha value is -0.700. The van der Waals surface area contributed by atoms with Crippen LogP contribution in [-0.2, 0) is 10.0 Å². The maximum absolute atomic E-state index is 14.0. The zero-order valence-electron chi connectivity index (χ0n) is 11.3. The van der Waals surface area contributed by atoms with Crippen molar-refractivity contribution in [3.63, 3.8) is 0 Å². The molecule has 1 unspecified atom stereocenters. The van der Waals surface area contributed by atoms with Crippen LogP contribution in [0.25, 0.3) is 0 Å². The summed E-state index contributed by atoms with van der Waals surface area (Å²) in [6.07, 6.45) is 0. The van der Waals surface area contributed by atoms with Crippen molar-refractivity contribution in [3.8, 4) is 0 Å². The standard InChI is InChI=1S/C12H17BrFN3O2S/c1-8-7-16(2)3-4-17(8)20(18,19)12-6-11(15)9(13)5-10(12)14/h5-6,8H,3-4,7,15H2,1-2H3. The molecule has 1 aromatic rings. The topological polar surface area (TPSA) is 66.6 Å². The SMILES string of the molecule is CC1CN(C)CCN1S(=O)(=O)c1cc(N)c(Br)cc1F. The van der Waals surface area contributed by atoms with E-state index in [1.54, 1.807) is 0 Å². The van der Waals surface area contributed by atoms with Crippen LogP contribution in [0.5, 0.6) is 0 Å². The summed E-state index contributed by atoms with van der Waals surface area (Å²) < 4.78 is 40.8. The Morgan fingerprint density at radius 3 is 2.65 bits per heavy atom. The molecular formula is C12H17BrFN3O2S. The lowest BCUT2D eigenvalue weighted by atomic mass is 10.2. The third kappa shape index (κ3) is 2.83. The van der Waals surface area contributed by atoms with E-state index < -0.39 is 15.8 Å². The highest BCUT2D eigenvalue weighted by atomic mass is 79.9. The Balaban J connectivity index is 2.43. The summed E-state index contributed by atoms with van der Waals surface area (Å²) in [4.78, 5) is 1.68. The van der Waals surface area contributed by atoms with Crippen molar-refractivity contribution in [1.82, 2.24) is 9.21 Å². The van der Waals surface area contributed by atoms with E-state index in [0.29, 0.717) is 24.1 Å². The van der Waals surface area contributed by atoms with Crippen molar-refractivity contribution in [1.29, 1.82) is 0 Å². The molecule has 0 spiro atoms. The van der Waals surface area contributed by atoms with Gasteiger partial charge in [-0.05, 0) is 42.0 Å². The molecule has 2 N–H and O–H groups in total. The van der Waals surface area contributed by atoms with Crippen LogP contribution >= 0.6 is 15.9 Å². The molecule has 1 aromatic carbocycles. The smallest absolute Gasteiger partial charge is 0.246 e. The van der Waals surface area contributed by atoms with Gasteiger partial charge in [0.25, 0.3) is 0 Å². The van der Waals surface area contributed by atoms with Gasteiger partial charge < -0.3 is 10.6 Å². The first kappa shape index (κ1) is 15.7. The molecule has 1 heterocycles. The van der Waals surface area contributed by atoms with E-state index in [1.807, 2.05) is 18.9 Å². The zero-order valence-corrected chi connectivity index (χ0v) is 13.7. The summed E-state index contributed by atoms with van der Waals surface area (Å²) in [6.45, 7) is 3.40. The summed E-state index contributed by atoms with van der Waals surface area (Å²) in [5.41, 5.74) is 5.87. The number of sulfonamides is 1. The lowest BCUT2D eigenvalue weighted by Crippen LogP contribution is -2.52. The molecule has 2 rings (SSSR count). The van der Waals surface area contributed by atoms with E-state index >= 15 is 0 Å². The van der Waals surface area contributed by atoms with Crippen molar-refractivity contribution in [2.24, 2.45) is 0 Å². The van der Waals surface area contributed by atoms with Crippen LogP contribution in [-0.4, -0.2) is 50.3 Å². The fourth-order valence-electron chi connectivity index (χ4n) is 2.35. The van der Waals surface area contributed by atoms with Crippen molar-refractivity contribution in [2.75, 3.05) is 32.4 Å². The molecule has 1 saturated heterocycles. The second-order valence-corrected chi connectivity index (χ2v) is 7.74. The minimum Gasteiger partial charge on any atom is -0.398 e. The van der Waals surface area contributed by atoms with Gasteiger partial charge in [-0.3, -0.25) is 0 Å². The Morgan fingerprint density at radius 1 is 1.40 bits per heavy atom. The number of nitrogens with zero attached hydrogens (tertiary/aromatic N) is 2. The molecule has 20 heavy (non-hydrogen) atoms. The summed E-state index contributed by atoms with van der Waals surface area (Å²) in [5.74, 6) is -0.794. The van der Waals surface area contributed by atoms with E-state index in [-0.39, 0.29) is 16.6 Å². The molecule has 0 aromatic heterocycles. The van der Waals surface area contributed by atoms with Gasteiger partial charge in [-0.2, -0.15) is 4.31 Å². The fraction of sp³-hybridized carbons (Fsp3) is 0.500. The van der Waals surface area contributed by atoms with Gasteiger partial charge in [-0.15, -0.1) is 0 Å². The lowest BCUT2D eigenvalue weighted by Gasteiger charge is -2.37. The highest BCUT2D eigenvalue weighted by Gasteiger charge is 2.34. The molecule has 1 aliphatic heterocycles. The highest BCUT2D eigenvalue weighted by Crippen LogP contribution is 2.29. The maximum atomic E-state index is 14.0. The molecule has 1 fully saturated rings. The first-order valence-corrected chi connectivity index (χ1v) is 8.41. The van der Waals surface area contributed by atoms with Gasteiger partial charge in [0.2, 0.25) is 10.0 Å². The van der Waals surface area contributed by atoms with Crippen LogP contribution in [0, 0.1) is 5.82 Å². The average molecular weight is 366 g/mol. The monoisotopic (exact) mass is 365 g/mol. The summed E-state index contributed by atoms with van der Waals surface area (Å²) in [5, 5.41) is 0. The fourth-order valence-corrected chi connectivity index (χ4v) is 4.36. The number of benzene rings is 1. The number of anilines is 1. The molecule has 0 aliphatic carbocycles. The maximum Gasteiger partial charge on any atom is 0.246 e. The van der Waals surface area contributed by atoms with E-state index in [1.165, 1.54) is 10.4 Å². The quantitative estimate of drug-likeness (QED) is 0.806. The summed E-state index contributed by atoms with van der Waals surface area (Å²) in [6, 6.07) is 2.05. The molecule has 112 valence electrons. The lowest BCUT2D eigenvalue weighted by molar-refractivity contribution is 0.170. The first-order chi connectivity index (χ1) is 9.23. The summed E-state index contributed by atoms with van der Waals surface area (Å²) >= 11 is 3.08. The van der Waals surface area contributed by atoms with E-state index in [0.717, 1.165) is 6.07 Å². The molecule has 0 saturated carbocycles. The predicted octanol–water partition coefficient (Wildman–Crippen LogP) is 1.50. The Morgan fingerprint density at radius 2 is 2.05 bits per heavy atom. The number of likely N-dealkylation sites (N-methyl/N-ethyl adjacent to an activating group) is 1. The largest absolute Gasteiger partial charge is 0.398 e. The third-order valence-corrected chi connectivity index (χ3v) is 6.12. The van der Waals surface area contributed by atoms with Crippen LogP contribution < -0.4 is 5.73 Å². The van der Waals surface area contributed by atoms with Gasteiger partial charge in [0.05, 0.1) is 0 Å². The van der Waals surface area contributed by atoms with E-state index in [9.17, 15) is 12.8 Å². The predicted molar refractivity (Wildman–Crippen MR) is 79.4 cm³/mol. The zero-order chi connectivity index (χ0) is 15.1. The molecule has 5 nitrogen and oxygen atoms in total. The van der Waals surface area contributed by atoms with Crippen molar-refractivity contribution in [2.45, 2.75) is 17.9 Å². The molecule has 1 atom stereocenters. The second kappa shape index (κ2) is 5.59. The molecular weight excluding hydrogens is 349 g/mol. The van der Waals surface area contributed by atoms with Gasteiger partial charge in [0.15, 0.2) is 0 Å². The second-order valence-electron chi connectivity index (χ2n) is 5.03. The van der Waals surface area contributed by atoms with E-state index in [2.05, 4.69) is 15.9 Å². The number of nitrogen functional groups attached to an aromatic ring is 1. The average Bonchev–Trinajstić information content (AvgIpc) is 2.33. The summed E-state index contributed by atoms with van der Waals surface area (Å²) in [7, 11) is -1.94. The van der Waals surface area contributed by atoms with Gasteiger partial charge in [0.1, 0.15) is 10.7 Å². The highest BCUT2D eigenvalue weighted by molar-refractivity contribution is 9.10. The van der Waals surface area contributed by atoms with Crippen molar-refractivity contribution >= 4 is 31.6 Å². The molecule has 0 amide bonds. The number of nitrogens with two attached hydrogens (primary N) is 1. The van der Waals surface area contributed by atoms with Crippen LogP contribution in [0.4, 0.5) is 10.1 Å². The Kier molecular flexibility index (Phi) is 4.38. The third-order valence-electron chi connectivity index (χ3n) is 3.41. The van der Waals surface area contributed by atoms with Gasteiger partial charge in [-0.1, -0.05) is 0 Å². The Labute approximate surface area is 126 Å². The first-order valence-electron chi connectivity index (χ1n) is 6.18. The van der Waals surface area contributed by atoms with Crippen molar-refractivity contribution < 1.29 is 12.8 Å². The van der Waals surface area contributed by atoms with Gasteiger partial charge >= 0.3 is 0 Å². The number of hydrogen-bond donors (Lipinski definition) is 1. The van der Waals surface area contributed by atoms with Gasteiger partial charge in [-0.25, -0.2) is 12.8 Å². The number of hydrogen-bond acceptors (Lipinski definition) is 4. The van der Waals surface area contributed by atoms with Crippen molar-refractivity contribution in [3.05, 3.63) is 22.4 Å². The molecule has 8 heteroatoms. The normalized spacial score (nSPS) is 22.1. The molecule has 0 radical (unpaired) electrons. The van der Waals surface area contributed by atoms with Crippen LogP contribution in [0.3, 0.4) is 0 Å². The van der Waals surface area contributed by atoms with Crippen LogP contribution in [0.15, 0.2) is 21.5 Å². The number of rotatable bonds is 2. The Bertz CT molecular complexity index is 623.